The van der Waals surface area contributed by atoms with Crippen molar-refractivity contribution in [2.75, 3.05) is 10.6 Å². The number of para-hydroxylation sites is 2. The maximum absolute atomic E-state index is 12.4. The van der Waals surface area contributed by atoms with Gasteiger partial charge in [-0.1, -0.05) is 30.3 Å². The molecule has 0 fully saturated rings. The normalized spacial score (nSPS) is 9.81. The zero-order valence-electron chi connectivity index (χ0n) is 13.6. The summed E-state index contributed by atoms with van der Waals surface area (Å²) in [6.07, 6.45) is 2.75. The highest BCUT2D eigenvalue weighted by molar-refractivity contribution is 6.08. The lowest BCUT2D eigenvalue weighted by Gasteiger charge is -2.08. The number of carbonyl (C=O) groups excluding carboxylic acids is 2. The van der Waals surface area contributed by atoms with E-state index in [0.717, 1.165) is 0 Å². The molecule has 0 radical (unpaired) electrons. The lowest BCUT2D eigenvalue weighted by atomic mass is 10.1. The van der Waals surface area contributed by atoms with Gasteiger partial charge in [0.25, 0.3) is 11.8 Å². The molecule has 3 rings (SSSR count). The van der Waals surface area contributed by atoms with Crippen LogP contribution < -0.4 is 10.6 Å². The van der Waals surface area contributed by atoms with Crippen molar-refractivity contribution < 1.29 is 9.59 Å². The Morgan fingerprint density at radius 3 is 2.15 bits per heavy atom. The van der Waals surface area contributed by atoms with Crippen molar-refractivity contribution in [3.63, 3.8) is 0 Å². The molecule has 0 aliphatic heterocycles. The van der Waals surface area contributed by atoms with Crippen LogP contribution in [-0.4, -0.2) is 16.8 Å². The predicted molar refractivity (Wildman–Crippen MR) is 97.7 cm³/mol. The number of pyridine rings is 1. The van der Waals surface area contributed by atoms with Crippen LogP contribution in [0.3, 0.4) is 0 Å². The van der Waals surface area contributed by atoms with Crippen molar-refractivity contribution in [2.24, 2.45) is 0 Å². The van der Waals surface area contributed by atoms with E-state index in [9.17, 15) is 9.59 Å². The van der Waals surface area contributed by atoms with E-state index >= 15 is 0 Å². The van der Waals surface area contributed by atoms with Crippen molar-refractivity contribution in [2.45, 2.75) is 0 Å². The third-order valence-electron chi connectivity index (χ3n) is 3.59. The summed E-state index contributed by atoms with van der Waals surface area (Å²) in [5.41, 5.74) is 1.88. The highest BCUT2D eigenvalue weighted by Crippen LogP contribution is 2.15. The van der Waals surface area contributed by atoms with Gasteiger partial charge in [0, 0.05) is 18.1 Å². The molecule has 1 aromatic heterocycles. The van der Waals surface area contributed by atoms with E-state index in [2.05, 4.69) is 15.6 Å². The topological polar surface area (TPSA) is 94.9 Å². The van der Waals surface area contributed by atoms with Crippen LogP contribution >= 0.6 is 0 Å². The molecule has 6 nitrogen and oxygen atoms in total. The van der Waals surface area contributed by atoms with Gasteiger partial charge in [-0.3, -0.25) is 14.6 Å². The quantitative estimate of drug-likeness (QED) is 0.759. The predicted octanol–water partition coefficient (Wildman–Crippen LogP) is 3.46. The fourth-order valence-corrected chi connectivity index (χ4v) is 2.30. The van der Waals surface area contributed by atoms with Crippen molar-refractivity contribution in [3.05, 3.63) is 89.7 Å². The van der Waals surface area contributed by atoms with Gasteiger partial charge in [-0.15, -0.1) is 0 Å². The van der Waals surface area contributed by atoms with E-state index in [-0.39, 0.29) is 17.0 Å². The molecule has 1 heterocycles. The number of anilines is 2. The molecule has 0 saturated heterocycles. The van der Waals surface area contributed by atoms with Gasteiger partial charge in [-0.2, -0.15) is 5.26 Å². The van der Waals surface area contributed by atoms with E-state index < -0.39 is 5.91 Å². The minimum atomic E-state index is -0.449. The first-order valence-corrected chi connectivity index (χ1v) is 7.79. The second-order valence-electron chi connectivity index (χ2n) is 5.39. The van der Waals surface area contributed by atoms with Crippen LogP contribution in [0.4, 0.5) is 11.4 Å². The van der Waals surface area contributed by atoms with Gasteiger partial charge < -0.3 is 10.6 Å². The summed E-state index contributed by atoms with van der Waals surface area (Å²) in [5, 5.41) is 14.5. The molecule has 0 aliphatic rings. The second-order valence-corrected chi connectivity index (χ2v) is 5.39. The summed E-state index contributed by atoms with van der Waals surface area (Å²) < 4.78 is 0. The number of hydrogen-bond acceptors (Lipinski definition) is 4. The van der Waals surface area contributed by atoms with Crippen LogP contribution in [0.1, 0.15) is 26.3 Å². The first-order chi connectivity index (χ1) is 12.7. The first kappa shape index (κ1) is 16.9. The summed E-state index contributed by atoms with van der Waals surface area (Å²) in [5.74, 6) is -0.815. The number of rotatable bonds is 4. The molecule has 0 saturated carbocycles. The molecule has 3 aromatic rings. The number of amides is 2. The van der Waals surface area contributed by atoms with E-state index in [1.54, 1.807) is 36.4 Å². The maximum atomic E-state index is 12.4. The van der Waals surface area contributed by atoms with Gasteiger partial charge in [-0.25, -0.2) is 0 Å². The average Bonchev–Trinajstić information content (AvgIpc) is 2.69. The Labute approximate surface area is 150 Å². The minimum Gasteiger partial charge on any atom is -0.322 e. The van der Waals surface area contributed by atoms with Gasteiger partial charge in [0.2, 0.25) is 0 Å². The zero-order chi connectivity index (χ0) is 18.4. The summed E-state index contributed by atoms with van der Waals surface area (Å²) in [6, 6.07) is 19.1. The van der Waals surface area contributed by atoms with Crippen LogP contribution in [0.25, 0.3) is 0 Å². The van der Waals surface area contributed by atoms with Gasteiger partial charge in [0.15, 0.2) is 0 Å². The Morgan fingerprint density at radius 2 is 1.46 bits per heavy atom. The number of nitriles is 1. The molecule has 0 unspecified atom stereocenters. The molecular weight excluding hydrogens is 328 g/mol. The highest BCUT2D eigenvalue weighted by Gasteiger charge is 2.13. The molecule has 0 spiro atoms. The highest BCUT2D eigenvalue weighted by atomic mass is 16.2. The van der Waals surface area contributed by atoms with Gasteiger partial charge in [0.1, 0.15) is 6.07 Å². The van der Waals surface area contributed by atoms with E-state index in [1.807, 2.05) is 24.3 Å². The van der Waals surface area contributed by atoms with Crippen molar-refractivity contribution in [1.82, 2.24) is 4.98 Å². The third-order valence-corrected chi connectivity index (χ3v) is 3.59. The summed E-state index contributed by atoms with van der Waals surface area (Å²) in [6.45, 7) is 0. The molecule has 0 atom stereocenters. The molecule has 126 valence electrons. The molecule has 0 aliphatic carbocycles. The smallest absolute Gasteiger partial charge is 0.257 e. The van der Waals surface area contributed by atoms with E-state index in [1.165, 1.54) is 18.5 Å². The number of hydrogen-bond donors (Lipinski definition) is 2. The van der Waals surface area contributed by atoms with Gasteiger partial charge >= 0.3 is 0 Å². The van der Waals surface area contributed by atoms with E-state index in [4.69, 9.17) is 5.26 Å². The Kier molecular flexibility index (Phi) is 5.01. The maximum Gasteiger partial charge on any atom is 0.257 e. The van der Waals surface area contributed by atoms with Crippen molar-refractivity contribution >= 4 is 23.2 Å². The SMILES string of the molecule is N#Cc1ccccc1NC(=O)c1cncc(C(=O)Nc2ccccc2)c1. The van der Waals surface area contributed by atoms with Crippen LogP contribution in [0.2, 0.25) is 0 Å². The minimum absolute atomic E-state index is 0.221. The number of nitrogens with one attached hydrogen (secondary N) is 2. The molecule has 2 amide bonds. The van der Waals surface area contributed by atoms with Crippen molar-refractivity contribution in [1.29, 1.82) is 5.26 Å². The molecular formula is C20H14N4O2. The van der Waals surface area contributed by atoms with Crippen LogP contribution in [0.15, 0.2) is 73.1 Å². The molecule has 26 heavy (non-hydrogen) atoms. The Bertz CT molecular complexity index is 994. The number of benzene rings is 2. The monoisotopic (exact) mass is 342 g/mol. The first-order valence-electron chi connectivity index (χ1n) is 7.79. The molecule has 2 aromatic carbocycles. The summed E-state index contributed by atoms with van der Waals surface area (Å²) >= 11 is 0. The van der Waals surface area contributed by atoms with Crippen LogP contribution in [0.5, 0.6) is 0 Å². The summed E-state index contributed by atoms with van der Waals surface area (Å²) in [7, 11) is 0. The van der Waals surface area contributed by atoms with Gasteiger partial charge in [0.05, 0.1) is 22.4 Å². The number of nitrogens with zero attached hydrogens (tertiary/aromatic N) is 2. The molecule has 0 bridgehead atoms. The zero-order valence-corrected chi connectivity index (χ0v) is 13.6. The Morgan fingerprint density at radius 1 is 0.846 bits per heavy atom. The second kappa shape index (κ2) is 7.73. The van der Waals surface area contributed by atoms with E-state index in [0.29, 0.717) is 16.9 Å². The Hall–Kier alpha value is -3.98. The van der Waals surface area contributed by atoms with Crippen molar-refractivity contribution in [3.8, 4) is 6.07 Å². The van der Waals surface area contributed by atoms with Crippen LogP contribution in [-0.2, 0) is 0 Å². The lowest BCUT2D eigenvalue weighted by molar-refractivity contribution is 0.102. The van der Waals surface area contributed by atoms with Crippen LogP contribution in [0, 0.1) is 11.3 Å². The molecule has 2 N–H and O–H groups in total. The average molecular weight is 342 g/mol. The lowest BCUT2D eigenvalue weighted by Crippen LogP contribution is -2.16. The summed E-state index contributed by atoms with van der Waals surface area (Å²) in [4.78, 5) is 28.7. The third kappa shape index (κ3) is 3.91. The fourth-order valence-electron chi connectivity index (χ4n) is 2.30. The van der Waals surface area contributed by atoms with Gasteiger partial charge in [-0.05, 0) is 30.3 Å². The largest absolute Gasteiger partial charge is 0.322 e. The fraction of sp³-hybridized carbons (Fsp3) is 0. The standard InChI is InChI=1S/C20H14N4O2/c21-11-14-6-4-5-9-18(14)24-20(26)16-10-15(12-22-13-16)19(25)23-17-7-2-1-3-8-17/h1-10,12-13H,(H,23,25)(H,24,26). The molecule has 6 heteroatoms. The number of carbonyl (C=O) groups is 2. The Balaban J connectivity index is 1.77. The number of aromatic nitrogens is 1.